The molecule has 2 aliphatic rings. The molecule has 0 N–H and O–H groups in total. The summed E-state index contributed by atoms with van der Waals surface area (Å²) in [7, 11) is 1.42. The van der Waals surface area contributed by atoms with Crippen molar-refractivity contribution in [1.29, 1.82) is 0 Å². The van der Waals surface area contributed by atoms with Crippen molar-refractivity contribution in [2.75, 3.05) is 7.11 Å². The number of hydrogen-bond donors (Lipinski definition) is 0. The van der Waals surface area contributed by atoms with E-state index in [-0.39, 0.29) is 28.0 Å². The summed E-state index contributed by atoms with van der Waals surface area (Å²) in [5, 5.41) is 0.1000. The molecule has 0 aromatic heterocycles. The summed E-state index contributed by atoms with van der Waals surface area (Å²) in [6.07, 6.45) is 13.0. The molecule has 0 radical (unpaired) electrons. The molecule has 0 saturated heterocycles. The Hall–Kier alpha value is -1.71. The van der Waals surface area contributed by atoms with Gasteiger partial charge in [-0.1, -0.05) is 45.4 Å². The number of fused-ring (bicyclic) bond motifs is 2. The zero-order valence-corrected chi connectivity index (χ0v) is 18.9. The van der Waals surface area contributed by atoms with Crippen molar-refractivity contribution in [3.05, 3.63) is 41.2 Å². The highest BCUT2D eigenvalue weighted by Gasteiger charge is 2.37. The summed E-state index contributed by atoms with van der Waals surface area (Å²) >= 11 is 0. The highest BCUT2D eigenvalue weighted by molar-refractivity contribution is 5.86. The van der Waals surface area contributed by atoms with E-state index in [0.29, 0.717) is 11.8 Å². The third kappa shape index (κ3) is 4.73. The van der Waals surface area contributed by atoms with E-state index < -0.39 is 17.5 Å². The van der Waals surface area contributed by atoms with Crippen LogP contribution in [0.2, 0.25) is 0 Å². The number of ether oxygens (including phenoxy) is 1. The van der Waals surface area contributed by atoms with Crippen LogP contribution in [-0.2, 0) is 0 Å². The van der Waals surface area contributed by atoms with Gasteiger partial charge in [0.25, 0.3) is 0 Å². The van der Waals surface area contributed by atoms with Gasteiger partial charge in [0.15, 0.2) is 0 Å². The molecule has 0 bridgehead atoms. The molecule has 31 heavy (non-hydrogen) atoms. The highest BCUT2D eigenvalue weighted by Crippen LogP contribution is 2.49. The molecule has 0 heterocycles. The van der Waals surface area contributed by atoms with Crippen molar-refractivity contribution in [2.24, 2.45) is 17.8 Å². The van der Waals surface area contributed by atoms with Gasteiger partial charge >= 0.3 is 0 Å². The quantitative estimate of drug-likeness (QED) is 0.398. The van der Waals surface area contributed by atoms with Crippen molar-refractivity contribution < 1.29 is 17.9 Å². The van der Waals surface area contributed by atoms with Gasteiger partial charge < -0.3 is 4.74 Å². The number of methoxy groups -OCH3 is 1. The van der Waals surface area contributed by atoms with Gasteiger partial charge in [-0.3, -0.25) is 0 Å². The van der Waals surface area contributed by atoms with Crippen LogP contribution in [-0.4, -0.2) is 7.11 Å². The Morgan fingerprint density at radius 3 is 2.42 bits per heavy atom. The van der Waals surface area contributed by atoms with Crippen molar-refractivity contribution in [2.45, 2.75) is 83.5 Å². The van der Waals surface area contributed by atoms with Crippen molar-refractivity contribution in [3.8, 4) is 5.75 Å². The molecule has 2 aromatic rings. The molecule has 2 fully saturated rings. The number of halogens is 3. The minimum absolute atomic E-state index is 0.0942. The summed E-state index contributed by atoms with van der Waals surface area (Å²) in [6, 6.07) is 3.94. The molecule has 1 nitrogen and oxygen atoms in total. The van der Waals surface area contributed by atoms with E-state index in [0.717, 1.165) is 25.2 Å². The summed E-state index contributed by atoms with van der Waals surface area (Å²) in [6.45, 7) is 2.25. The van der Waals surface area contributed by atoms with Crippen LogP contribution in [0.1, 0.15) is 89.0 Å². The first-order chi connectivity index (χ1) is 15.0. The molecule has 4 unspecified atom stereocenters. The maximum atomic E-state index is 15.4. The predicted molar refractivity (Wildman–Crippen MR) is 120 cm³/mol. The molecule has 0 spiro atoms. The van der Waals surface area contributed by atoms with Gasteiger partial charge in [0.05, 0.1) is 12.5 Å². The summed E-state index contributed by atoms with van der Waals surface area (Å²) in [5.41, 5.74) is 0.0942. The zero-order valence-electron chi connectivity index (χ0n) is 18.9. The van der Waals surface area contributed by atoms with E-state index in [4.69, 9.17) is 4.74 Å². The Bertz CT molecular complexity index is 909. The van der Waals surface area contributed by atoms with Crippen LogP contribution >= 0.6 is 0 Å². The largest absolute Gasteiger partial charge is 0.497 e. The van der Waals surface area contributed by atoms with Gasteiger partial charge in [-0.05, 0) is 73.3 Å². The molecule has 2 saturated carbocycles. The number of rotatable bonds is 7. The Balaban J connectivity index is 1.48. The first kappa shape index (κ1) is 22.5. The Labute approximate surface area is 184 Å². The van der Waals surface area contributed by atoms with E-state index in [1.807, 2.05) is 0 Å². The molecule has 4 rings (SSSR count). The van der Waals surface area contributed by atoms with Crippen LogP contribution in [0.4, 0.5) is 13.2 Å². The third-order valence-corrected chi connectivity index (χ3v) is 7.92. The van der Waals surface area contributed by atoms with Crippen molar-refractivity contribution in [3.63, 3.8) is 0 Å². The zero-order chi connectivity index (χ0) is 22.0. The van der Waals surface area contributed by atoms with Crippen LogP contribution < -0.4 is 4.74 Å². The molecule has 4 heteroatoms. The number of hydrogen-bond acceptors (Lipinski definition) is 1. The summed E-state index contributed by atoms with van der Waals surface area (Å²) < 4.78 is 50.0. The average molecular weight is 433 g/mol. The summed E-state index contributed by atoms with van der Waals surface area (Å²) in [4.78, 5) is 0. The van der Waals surface area contributed by atoms with Crippen LogP contribution in [0.15, 0.2) is 18.2 Å². The van der Waals surface area contributed by atoms with Crippen LogP contribution in [0.5, 0.6) is 5.75 Å². The monoisotopic (exact) mass is 432 g/mol. The van der Waals surface area contributed by atoms with E-state index >= 15 is 8.78 Å². The lowest BCUT2D eigenvalue weighted by molar-refractivity contribution is 0.111. The van der Waals surface area contributed by atoms with Crippen LogP contribution in [0, 0.1) is 35.2 Å². The van der Waals surface area contributed by atoms with E-state index in [1.165, 1.54) is 76.7 Å². The minimum atomic E-state index is -0.719. The fourth-order valence-corrected chi connectivity index (χ4v) is 6.26. The molecule has 170 valence electrons. The van der Waals surface area contributed by atoms with Gasteiger partial charge in [-0.25, -0.2) is 13.2 Å². The van der Waals surface area contributed by atoms with Crippen molar-refractivity contribution in [1.82, 2.24) is 0 Å². The second-order valence-corrected chi connectivity index (χ2v) is 9.85. The highest BCUT2D eigenvalue weighted by atomic mass is 19.1. The fraction of sp³-hybridized carbons (Fsp3) is 0.630. The average Bonchev–Trinajstić information content (AvgIpc) is 2.76. The molecule has 0 amide bonds. The van der Waals surface area contributed by atoms with Gasteiger partial charge in [0.1, 0.15) is 23.2 Å². The number of unbranched alkanes of at least 4 members (excludes halogenated alkanes) is 3. The molecule has 2 aliphatic carbocycles. The minimum Gasteiger partial charge on any atom is -0.497 e. The first-order valence-corrected chi connectivity index (χ1v) is 12.2. The fourth-order valence-electron chi connectivity index (χ4n) is 6.26. The molecule has 2 aromatic carbocycles. The molecule has 0 aliphatic heterocycles. The molecular weight excluding hydrogens is 397 g/mol. The summed E-state index contributed by atoms with van der Waals surface area (Å²) in [5.74, 6) is 0.207. The lowest BCUT2D eigenvalue weighted by Gasteiger charge is -2.42. The van der Waals surface area contributed by atoms with E-state index in [9.17, 15) is 4.39 Å². The van der Waals surface area contributed by atoms with Crippen molar-refractivity contribution >= 4 is 10.8 Å². The van der Waals surface area contributed by atoms with Crippen LogP contribution in [0.3, 0.4) is 0 Å². The van der Waals surface area contributed by atoms with Gasteiger partial charge in [0, 0.05) is 11.6 Å². The number of benzene rings is 2. The first-order valence-electron chi connectivity index (χ1n) is 12.2. The second-order valence-electron chi connectivity index (χ2n) is 9.85. The van der Waals surface area contributed by atoms with Gasteiger partial charge in [-0.2, -0.15) is 0 Å². The lowest BCUT2D eigenvalue weighted by Crippen LogP contribution is -2.31. The SMILES string of the molecule is CCCCCCC1CCC2CC(c3c(F)cc4cc(OC)cc(F)c4c3F)CCC2C1. The lowest BCUT2D eigenvalue weighted by atomic mass is 9.63. The molecular formula is C27H35F3O. The second kappa shape index (κ2) is 9.83. The Morgan fingerprint density at radius 1 is 0.871 bits per heavy atom. The van der Waals surface area contributed by atoms with Crippen LogP contribution in [0.25, 0.3) is 10.8 Å². The maximum Gasteiger partial charge on any atom is 0.140 e. The Morgan fingerprint density at radius 2 is 1.65 bits per heavy atom. The van der Waals surface area contributed by atoms with Gasteiger partial charge in [0.2, 0.25) is 0 Å². The topological polar surface area (TPSA) is 9.23 Å². The standard InChI is InChI=1S/C27H35F3O/c1-3-4-5-6-7-17-8-9-19-13-20(11-10-18(19)12-17)25-23(28)15-21-14-22(31-2)16-24(29)26(21)27(25)30/h14-20H,3-13H2,1-2H3. The Kier molecular flexibility index (Phi) is 7.13. The maximum absolute atomic E-state index is 15.4. The van der Waals surface area contributed by atoms with E-state index in [1.54, 1.807) is 0 Å². The smallest absolute Gasteiger partial charge is 0.140 e. The predicted octanol–water partition coefficient (Wildman–Crippen LogP) is 8.54. The third-order valence-electron chi connectivity index (χ3n) is 7.92. The van der Waals surface area contributed by atoms with Gasteiger partial charge in [-0.15, -0.1) is 0 Å². The normalized spacial score (nSPS) is 26.1. The molecule has 4 atom stereocenters. The van der Waals surface area contributed by atoms with E-state index in [2.05, 4.69) is 6.92 Å².